The highest BCUT2D eigenvalue weighted by atomic mass is 19.4. The van der Waals surface area contributed by atoms with E-state index in [1.807, 2.05) is 0 Å². The van der Waals surface area contributed by atoms with Crippen molar-refractivity contribution in [3.8, 4) is 6.07 Å². The molecule has 0 aliphatic heterocycles. The first-order valence-electron chi connectivity index (χ1n) is 4.24. The summed E-state index contributed by atoms with van der Waals surface area (Å²) < 4.78 is 37.5. The number of rotatable bonds is 1. The molecule has 0 atom stereocenters. The molecular weight excluding hydrogens is 221 g/mol. The number of nitriles is 1. The average molecular weight is 228 g/mol. The topological polar surface area (TPSA) is 44.1 Å². The molecule has 1 amide bonds. The van der Waals surface area contributed by atoms with Gasteiger partial charge in [-0.1, -0.05) is 6.07 Å². The number of benzene rings is 1. The van der Waals surface area contributed by atoms with Gasteiger partial charge in [-0.25, -0.2) is 4.90 Å². The van der Waals surface area contributed by atoms with E-state index in [0.29, 0.717) is 0 Å². The van der Waals surface area contributed by atoms with Gasteiger partial charge in [0, 0.05) is 6.92 Å². The highest BCUT2D eigenvalue weighted by molar-refractivity contribution is 5.92. The Bertz CT molecular complexity index is 448. The number of anilines is 1. The number of carbonyl (C=O) groups is 1. The minimum absolute atomic E-state index is 0.0630. The van der Waals surface area contributed by atoms with E-state index >= 15 is 0 Å². The number of hydrogen-bond donors (Lipinski definition) is 0. The molecule has 0 heterocycles. The Morgan fingerprint density at radius 1 is 1.44 bits per heavy atom. The first-order chi connectivity index (χ1) is 7.36. The van der Waals surface area contributed by atoms with Gasteiger partial charge in [0.15, 0.2) is 0 Å². The number of nitrogens with zero attached hydrogens (tertiary/aromatic N) is 2. The minimum atomic E-state index is -4.79. The van der Waals surface area contributed by atoms with E-state index in [-0.39, 0.29) is 16.2 Å². The lowest BCUT2D eigenvalue weighted by atomic mass is 10.2. The van der Waals surface area contributed by atoms with Gasteiger partial charge in [0.25, 0.3) is 0 Å². The fourth-order valence-corrected chi connectivity index (χ4v) is 1.22. The van der Waals surface area contributed by atoms with E-state index in [1.165, 1.54) is 12.1 Å². The number of carbonyl (C=O) groups excluding carboxylic acids is 1. The van der Waals surface area contributed by atoms with Gasteiger partial charge in [0.05, 0.1) is 17.3 Å². The van der Waals surface area contributed by atoms with Crippen molar-refractivity contribution in [2.45, 2.75) is 13.2 Å². The molecular formula is C10H7F3N2O. The second kappa shape index (κ2) is 4.23. The summed E-state index contributed by atoms with van der Waals surface area (Å²) in [4.78, 5) is 10.6. The fraction of sp³-hybridized carbons (Fsp3) is 0.200. The van der Waals surface area contributed by atoms with Crippen LogP contribution in [-0.4, -0.2) is 12.2 Å². The first kappa shape index (κ1) is 12.0. The van der Waals surface area contributed by atoms with Crippen LogP contribution in [0, 0.1) is 11.3 Å². The molecule has 0 N–H and O–H groups in total. The number of amides is 1. The van der Waals surface area contributed by atoms with Crippen LogP contribution < -0.4 is 4.90 Å². The Labute approximate surface area is 89.7 Å². The van der Waals surface area contributed by atoms with Crippen molar-refractivity contribution in [3.63, 3.8) is 0 Å². The van der Waals surface area contributed by atoms with Crippen LogP contribution in [0.5, 0.6) is 0 Å². The highest BCUT2D eigenvalue weighted by Gasteiger charge is 2.40. The third kappa shape index (κ3) is 2.51. The standard InChI is InChI=1S/C10H7F3N2O/c1-7(16)15(10(11,12)13)9-4-2-3-8(5-9)6-14/h2-5H,1H3. The molecule has 1 rings (SSSR count). The second-order valence-electron chi connectivity index (χ2n) is 2.98. The number of hydrogen-bond acceptors (Lipinski definition) is 2. The molecule has 0 aromatic heterocycles. The lowest BCUT2D eigenvalue weighted by molar-refractivity contribution is -0.148. The van der Waals surface area contributed by atoms with E-state index in [4.69, 9.17) is 5.26 Å². The molecule has 0 spiro atoms. The van der Waals surface area contributed by atoms with E-state index in [9.17, 15) is 18.0 Å². The van der Waals surface area contributed by atoms with Gasteiger partial charge in [-0.3, -0.25) is 4.79 Å². The summed E-state index contributed by atoms with van der Waals surface area (Å²) in [6.07, 6.45) is -4.79. The molecule has 0 aliphatic rings. The van der Waals surface area contributed by atoms with Crippen LogP contribution in [0.4, 0.5) is 18.9 Å². The molecule has 84 valence electrons. The van der Waals surface area contributed by atoms with Crippen LogP contribution in [0.2, 0.25) is 0 Å². The zero-order valence-electron chi connectivity index (χ0n) is 8.25. The van der Waals surface area contributed by atoms with Crippen molar-refractivity contribution < 1.29 is 18.0 Å². The molecule has 0 fully saturated rings. The average Bonchev–Trinajstić information content (AvgIpc) is 2.15. The lowest BCUT2D eigenvalue weighted by Gasteiger charge is -2.23. The van der Waals surface area contributed by atoms with Crippen molar-refractivity contribution in [2.75, 3.05) is 4.90 Å². The largest absolute Gasteiger partial charge is 0.491 e. The molecule has 0 bridgehead atoms. The van der Waals surface area contributed by atoms with Gasteiger partial charge in [0.1, 0.15) is 0 Å². The summed E-state index contributed by atoms with van der Waals surface area (Å²) in [6.45, 7) is 0.812. The van der Waals surface area contributed by atoms with Gasteiger partial charge in [-0.2, -0.15) is 5.26 Å². The van der Waals surface area contributed by atoms with Gasteiger partial charge < -0.3 is 0 Å². The quantitative estimate of drug-likeness (QED) is 0.693. The Morgan fingerprint density at radius 3 is 2.50 bits per heavy atom. The van der Waals surface area contributed by atoms with Crippen molar-refractivity contribution in [1.29, 1.82) is 5.26 Å². The Hall–Kier alpha value is -2.03. The minimum Gasteiger partial charge on any atom is -0.275 e. The van der Waals surface area contributed by atoms with Crippen LogP contribution >= 0.6 is 0 Å². The van der Waals surface area contributed by atoms with Gasteiger partial charge in [-0.05, 0) is 18.2 Å². The van der Waals surface area contributed by atoms with Crippen molar-refractivity contribution in [3.05, 3.63) is 29.8 Å². The SMILES string of the molecule is CC(=O)N(c1cccc(C#N)c1)C(F)(F)F. The second-order valence-corrected chi connectivity index (χ2v) is 2.98. The van der Waals surface area contributed by atoms with Crippen LogP contribution in [-0.2, 0) is 4.79 Å². The molecule has 0 unspecified atom stereocenters. The zero-order chi connectivity index (χ0) is 12.3. The van der Waals surface area contributed by atoms with Crippen LogP contribution in [0.15, 0.2) is 24.3 Å². The molecule has 1 aromatic carbocycles. The lowest BCUT2D eigenvalue weighted by Crippen LogP contribution is -2.41. The monoisotopic (exact) mass is 228 g/mol. The first-order valence-corrected chi connectivity index (χ1v) is 4.24. The molecule has 0 radical (unpaired) electrons. The molecule has 0 saturated heterocycles. The molecule has 0 aliphatic carbocycles. The summed E-state index contributed by atoms with van der Waals surface area (Å²) in [5.74, 6) is -1.15. The zero-order valence-corrected chi connectivity index (χ0v) is 8.25. The highest BCUT2D eigenvalue weighted by Crippen LogP contribution is 2.28. The van der Waals surface area contributed by atoms with E-state index in [1.54, 1.807) is 6.07 Å². The van der Waals surface area contributed by atoms with Gasteiger partial charge >= 0.3 is 6.30 Å². The maximum absolute atomic E-state index is 12.5. The number of halogens is 3. The smallest absolute Gasteiger partial charge is 0.275 e. The third-order valence-electron chi connectivity index (χ3n) is 1.80. The molecule has 6 heteroatoms. The summed E-state index contributed by atoms with van der Waals surface area (Å²) in [5.41, 5.74) is -0.299. The number of alkyl halides is 3. The normalized spacial score (nSPS) is 10.7. The van der Waals surface area contributed by atoms with E-state index in [0.717, 1.165) is 19.1 Å². The molecule has 1 aromatic rings. The summed E-state index contributed by atoms with van der Waals surface area (Å²) in [6, 6.07) is 6.48. The predicted octanol–water partition coefficient (Wildman–Crippen LogP) is 2.43. The Kier molecular flexibility index (Phi) is 3.18. The summed E-state index contributed by atoms with van der Waals surface area (Å²) in [7, 11) is 0. The molecule has 0 saturated carbocycles. The van der Waals surface area contributed by atoms with Crippen LogP contribution in [0.25, 0.3) is 0 Å². The predicted molar refractivity (Wildman–Crippen MR) is 50.4 cm³/mol. The van der Waals surface area contributed by atoms with E-state index < -0.39 is 12.2 Å². The van der Waals surface area contributed by atoms with Gasteiger partial charge in [0.2, 0.25) is 5.91 Å². The molecule has 3 nitrogen and oxygen atoms in total. The van der Waals surface area contributed by atoms with E-state index in [2.05, 4.69) is 0 Å². The Morgan fingerprint density at radius 2 is 2.06 bits per heavy atom. The van der Waals surface area contributed by atoms with Crippen molar-refractivity contribution in [2.24, 2.45) is 0 Å². The maximum atomic E-state index is 12.5. The Balaban J connectivity index is 3.23. The molecule has 16 heavy (non-hydrogen) atoms. The van der Waals surface area contributed by atoms with Crippen molar-refractivity contribution >= 4 is 11.6 Å². The van der Waals surface area contributed by atoms with Crippen LogP contribution in [0.1, 0.15) is 12.5 Å². The fourth-order valence-electron chi connectivity index (χ4n) is 1.22. The summed E-state index contributed by atoms with van der Waals surface area (Å²) >= 11 is 0. The van der Waals surface area contributed by atoms with Crippen molar-refractivity contribution in [1.82, 2.24) is 0 Å². The maximum Gasteiger partial charge on any atom is 0.491 e. The summed E-state index contributed by atoms with van der Waals surface area (Å²) in [5, 5.41) is 8.55. The third-order valence-corrected chi connectivity index (χ3v) is 1.80. The van der Waals surface area contributed by atoms with Crippen LogP contribution in [0.3, 0.4) is 0 Å². The van der Waals surface area contributed by atoms with Gasteiger partial charge in [-0.15, -0.1) is 13.2 Å².